The third-order valence-corrected chi connectivity index (χ3v) is 3.97. The number of carbonyl (C=O) groups is 1. The van der Waals surface area contributed by atoms with Crippen molar-refractivity contribution in [1.82, 2.24) is 4.98 Å². The predicted molar refractivity (Wildman–Crippen MR) is 78.6 cm³/mol. The molecule has 0 saturated heterocycles. The lowest BCUT2D eigenvalue weighted by molar-refractivity contribution is 0.0697. The first-order chi connectivity index (χ1) is 9.85. The van der Waals surface area contributed by atoms with Gasteiger partial charge in [0, 0.05) is 6.20 Å². The summed E-state index contributed by atoms with van der Waals surface area (Å²) in [5, 5.41) is 8.79. The van der Waals surface area contributed by atoms with Crippen molar-refractivity contribution in [3.63, 3.8) is 0 Å². The Balaban J connectivity index is 2.12. The fourth-order valence-electron chi connectivity index (χ4n) is 1.75. The highest BCUT2D eigenvalue weighted by Gasteiger charge is 2.13. The van der Waals surface area contributed by atoms with Crippen molar-refractivity contribution < 1.29 is 18.3 Å². The number of sulfonamides is 1. The minimum absolute atomic E-state index is 0.115. The van der Waals surface area contributed by atoms with Gasteiger partial charge >= 0.3 is 5.97 Å². The summed E-state index contributed by atoms with van der Waals surface area (Å²) in [6.45, 7) is 1.84. The van der Waals surface area contributed by atoms with Gasteiger partial charge in [-0.1, -0.05) is 12.1 Å². The Labute approximate surface area is 122 Å². The number of carboxylic acids is 1. The molecule has 2 N–H and O–H groups in total. The van der Waals surface area contributed by atoms with Crippen LogP contribution < -0.4 is 4.72 Å². The van der Waals surface area contributed by atoms with Crippen molar-refractivity contribution in [3.05, 3.63) is 59.3 Å². The Morgan fingerprint density at radius 2 is 1.90 bits per heavy atom. The molecule has 21 heavy (non-hydrogen) atoms. The molecule has 2 rings (SSSR count). The Hall–Kier alpha value is -2.41. The fourth-order valence-corrected chi connectivity index (χ4v) is 2.88. The number of aryl methyl sites for hydroxylation is 1. The van der Waals surface area contributed by atoms with E-state index in [4.69, 9.17) is 5.11 Å². The Bertz CT molecular complexity index is 755. The smallest absolute Gasteiger partial charge is 0.335 e. The Morgan fingerprint density at radius 3 is 2.48 bits per heavy atom. The predicted octanol–water partition coefficient (Wildman–Crippen LogP) is 2.03. The summed E-state index contributed by atoms with van der Waals surface area (Å²) in [7, 11) is -3.60. The second-order valence-corrected chi connectivity index (χ2v) is 6.30. The van der Waals surface area contributed by atoms with Crippen molar-refractivity contribution in [2.75, 3.05) is 4.72 Å². The van der Waals surface area contributed by atoms with Gasteiger partial charge in [-0.2, -0.15) is 0 Å². The van der Waals surface area contributed by atoms with Crippen LogP contribution >= 0.6 is 0 Å². The van der Waals surface area contributed by atoms with E-state index < -0.39 is 16.0 Å². The van der Waals surface area contributed by atoms with E-state index in [1.54, 1.807) is 12.1 Å². The number of anilines is 1. The van der Waals surface area contributed by atoms with Crippen LogP contribution in [0.2, 0.25) is 0 Å². The molecule has 0 atom stereocenters. The summed E-state index contributed by atoms with van der Waals surface area (Å²) in [5.41, 5.74) is 1.51. The maximum atomic E-state index is 12.0. The topological polar surface area (TPSA) is 96.4 Å². The molecule has 1 heterocycles. The lowest BCUT2D eigenvalue weighted by Gasteiger charge is -2.08. The zero-order valence-electron chi connectivity index (χ0n) is 11.3. The van der Waals surface area contributed by atoms with Gasteiger partial charge in [0.05, 0.1) is 11.3 Å². The molecule has 0 aliphatic rings. The molecule has 0 spiro atoms. The van der Waals surface area contributed by atoms with Crippen molar-refractivity contribution in [3.8, 4) is 0 Å². The van der Waals surface area contributed by atoms with Gasteiger partial charge in [0.1, 0.15) is 5.82 Å². The number of aromatic carboxylic acids is 1. The highest BCUT2D eigenvalue weighted by molar-refractivity contribution is 7.91. The van der Waals surface area contributed by atoms with Crippen LogP contribution in [0.3, 0.4) is 0 Å². The van der Waals surface area contributed by atoms with Crippen LogP contribution in [0.15, 0.2) is 42.6 Å². The molecule has 0 amide bonds. The number of carboxylic acid groups (broad SMARTS) is 1. The minimum Gasteiger partial charge on any atom is -0.478 e. The number of rotatable bonds is 5. The second-order valence-electron chi connectivity index (χ2n) is 4.58. The van der Waals surface area contributed by atoms with Gasteiger partial charge in [-0.05, 0) is 42.3 Å². The first-order valence-corrected chi connectivity index (χ1v) is 7.76. The molecule has 7 heteroatoms. The molecular formula is C14H14N2O4S. The summed E-state index contributed by atoms with van der Waals surface area (Å²) < 4.78 is 26.5. The zero-order chi connectivity index (χ0) is 15.5. The average Bonchev–Trinajstić information content (AvgIpc) is 2.38. The molecule has 6 nitrogen and oxygen atoms in total. The molecule has 1 aromatic carbocycles. The summed E-state index contributed by atoms with van der Waals surface area (Å²) in [5.74, 6) is -1.04. The van der Waals surface area contributed by atoms with E-state index in [1.165, 1.54) is 30.5 Å². The zero-order valence-corrected chi connectivity index (χ0v) is 12.1. The van der Waals surface area contributed by atoms with Crippen LogP contribution in [0, 0.1) is 6.92 Å². The number of aromatic nitrogens is 1. The second kappa shape index (κ2) is 5.92. The lowest BCUT2D eigenvalue weighted by atomic mass is 10.1. The average molecular weight is 306 g/mol. The largest absolute Gasteiger partial charge is 0.478 e. The number of benzene rings is 1. The molecule has 0 saturated carbocycles. The van der Waals surface area contributed by atoms with E-state index in [0.29, 0.717) is 5.56 Å². The third kappa shape index (κ3) is 4.28. The Kier molecular flexibility index (Phi) is 4.23. The van der Waals surface area contributed by atoms with Crippen molar-refractivity contribution in [2.24, 2.45) is 0 Å². The number of nitrogens with zero attached hydrogens (tertiary/aromatic N) is 1. The maximum Gasteiger partial charge on any atom is 0.335 e. The highest BCUT2D eigenvalue weighted by Crippen LogP contribution is 2.12. The molecule has 0 radical (unpaired) electrons. The molecule has 110 valence electrons. The highest BCUT2D eigenvalue weighted by atomic mass is 32.2. The maximum absolute atomic E-state index is 12.0. The van der Waals surface area contributed by atoms with Crippen LogP contribution in [-0.2, 0) is 15.8 Å². The third-order valence-electron chi connectivity index (χ3n) is 2.73. The summed E-state index contributed by atoms with van der Waals surface area (Å²) in [6, 6.07) is 9.10. The lowest BCUT2D eigenvalue weighted by Crippen LogP contribution is -2.16. The minimum atomic E-state index is -3.60. The molecule has 0 fully saturated rings. The molecule has 1 aromatic heterocycles. The van der Waals surface area contributed by atoms with Gasteiger partial charge < -0.3 is 5.11 Å². The Morgan fingerprint density at radius 1 is 1.24 bits per heavy atom. The first kappa shape index (κ1) is 15.0. The van der Waals surface area contributed by atoms with Crippen molar-refractivity contribution in [2.45, 2.75) is 12.7 Å². The molecule has 0 aliphatic heterocycles. The van der Waals surface area contributed by atoms with Gasteiger partial charge in [-0.3, -0.25) is 4.72 Å². The van der Waals surface area contributed by atoms with Gasteiger partial charge in [0.25, 0.3) is 0 Å². The SMILES string of the molecule is Cc1ccnc(NS(=O)(=O)Cc2ccc(C(=O)O)cc2)c1. The van der Waals surface area contributed by atoms with Crippen LogP contribution in [0.1, 0.15) is 21.5 Å². The van der Waals surface area contributed by atoms with E-state index in [9.17, 15) is 13.2 Å². The number of pyridine rings is 1. The molecule has 0 unspecified atom stereocenters. The first-order valence-electron chi connectivity index (χ1n) is 6.11. The van der Waals surface area contributed by atoms with E-state index >= 15 is 0 Å². The summed E-state index contributed by atoms with van der Waals surface area (Å²) in [6.07, 6.45) is 1.52. The normalized spacial score (nSPS) is 11.1. The van der Waals surface area contributed by atoms with Crippen LogP contribution in [-0.4, -0.2) is 24.5 Å². The number of nitrogens with one attached hydrogen (secondary N) is 1. The van der Waals surface area contributed by atoms with E-state index in [2.05, 4.69) is 9.71 Å². The number of hydrogen-bond acceptors (Lipinski definition) is 4. The van der Waals surface area contributed by atoms with Gasteiger partial charge in [-0.15, -0.1) is 0 Å². The summed E-state index contributed by atoms with van der Waals surface area (Å²) >= 11 is 0. The van der Waals surface area contributed by atoms with Crippen molar-refractivity contribution >= 4 is 21.8 Å². The standard InChI is InChI=1S/C14H14N2O4S/c1-10-6-7-15-13(8-10)16-21(19,20)9-11-2-4-12(5-3-11)14(17)18/h2-8H,9H2,1H3,(H,15,16)(H,17,18). The quantitative estimate of drug-likeness (QED) is 0.881. The monoisotopic (exact) mass is 306 g/mol. The summed E-state index contributed by atoms with van der Waals surface area (Å²) in [4.78, 5) is 14.7. The fraction of sp³-hybridized carbons (Fsp3) is 0.143. The van der Waals surface area contributed by atoms with Gasteiger partial charge in [0.15, 0.2) is 0 Å². The molecule has 0 aliphatic carbocycles. The van der Waals surface area contributed by atoms with E-state index in [0.717, 1.165) is 5.56 Å². The van der Waals surface area contributed by atoms with Gasteiger partial charge in [-0.25, -0.2) is 18.2 Å². The molecule has 2 aromatic rings. The molecule has 0 bridgehead atoms. The molecular weight excluding hydrogens is 292 g/mol. The van der Waals surface area contributed by atoms with E-state index in [1.807, 2.05) is 6.92 Å². The van der Waals surface area contributed by atoms with Crippen molar-refractivity contribution in [1.29, 1.82) is 0 Å². The van der Waals surface area contributed by atoms with Crippen LogP contribution in [0.25, 0.3) is 0 Å². The van der Waals surface area contributed by atoms with Crippen LogP contribution in [0.5, 0.6) is 0 Å². The number of hydrogen-bond donors (Lipinski definition) is 2. The van der Waals surface area contributed by atoms with E-state index in [-0.39, 0.29) is 17.1 Å². The van der Waals surface area contributed by atoms with Crippen LogP contribution in [0.4, 0.5) is 5.82 Å². The van der Waals surface area contributed by atoms with Gasteiger partial charge in [0.2, 0.25) is 10.0 Å².